The van der Waals surface area contributed by atoms with Gasteiger partial charge in [0.25, 0.3) is 5.78 Å². The minimum Gasteiger partial charge on any atom is -0.507 e. The molecular formula is C29H26N2O6S. The Balaban J connectivity index is 1.77. The van der Waals surface area contributed by atoms with E-state index in [1.807, 2.05) is 18.2 Å². The number of anilines is 1. The summed E-state index contributed by atoms with van der Waals surface area (Å²) < 4.78 is 17.4. The molecule has 1 fully saturated rings. The normalized spacial score (nSPS) is 16.7. The number of benzene rings is 3. The minimum atomic E-state index is -0.991. The van der Waals surface area contributed by atoms with E-state index in [1.165, 1.54) is 37.6 Å². The number of hydrogen-bond acceptors (Lipinski definition) is 8. The van der Waals surface area contributed by atoms with E-state index in [4.69, 9.17) is 19.2 Å². The van der Waals surface area contributed by atoms with Gasteiger partial charge in [0, 0.05) is 5.56 Å². The van der Waals surface area contributed by atoms with E-state index >= 15 is 0 Å². The Morgan fingerprint density at radius 2 is 1.66 bits per heavy atom. The third kappa shape index (κ3) is 4.14. The number of carbonyl (C=O) groups is 2. The van der Waals surface area contributed by atoms with Gasteiger partial charge in [-0.05, 0) is 41.8 Å². The van der Waals surface area contributed by atoms with E-state index in [2.05, 4.69) is 6.92 Å². The monoisotopic (exact) mass is 530 g/mol. The predicted octanol–water partition coefficient (Wildman–Crippen LogP) is 5.51. The van der Waals surface area contributed by atoms with Crippen LogP contribution in [-0.2, 0) is 16.0 Å². The van der Waals surface area contributed by atoms with E-state index in [-0.39, 0.29) is 11.3 Å². The molecule has 1 atom stereocenters. The van der Waals surface area contributed by atoms with Gasteiger partial charge in [-0.1, -0.05) is 54.7 Å². The molecule has 0 saturated carbocycles. The fraction of sp³-hybridized carbons (Fsp3) is 0.207. The van der Waals surface area contributed by atoms with E-state index in [9.17, 15) is 14.7 Å². The number of aliphatic hydroxyl groups is 1. The van der Waals surface area contributed by atoms with E-state index < -0.39 is 17.7 Å². The van der Waals surface area contributed by atoms with E-state index in [1.54, 1.807) is 42.5 Å². The van der Waals surface area contributed by atoms with Crippen molar-refractivity contribution in [3.8, 4) is 17.2 Å². The van der Waals surface area contributed by atoms with Crippen molar-refractivity contribution in [2.24, 2.45) is 0 Å². The molecule has 1 aliphatic rings. The Bertz CT molecular complexity index is 1550. The third-order valence-corrected chi connectivity index (χ3v) is 7.57. The number of carbonyl (C=O) groups excluding carboxylic acids is 2. The maximum Gasteiger partial charge on any atom is 0.301 e. The first-order valence-corrected chi connectivity index (χ1v) is 12.8. The molecule has 0 radical (unpaired) electrons. The van der Waals surface area contributed by atoms with Gasteiger partial charge in [0.15, 0.2) is 16.6 Å². The molecule has 2 heterocycles. The first kappa shape index (κ1) is 25.3. The number of nitrogens with zero attached hydrogens (tertiary/aromatic N) is 2. The highest BCUT2D eigenvalue weighted by Gasteiger charge is 2.48. The molecule has 0 bridgehead atoms. The van der Waals surface area contributed by atoms with Crippen LogP contribution in [0.5, 0.6) is 17.2 Å². The third-order valence-electron chi connectivity index (χ3n) is 6.55. The highest BCUT2D eigenvalue weighted by Crippen LogP contribution is 2.48. The van der Waals surface area contributed by atoms with Crippen molar-refractivity contribution in [2.75, 3.05) is 26.2 Å². The van der Waals surface area contributed by atoms with Gasteiger partial charge in [-0.2, -0.15) is 0 Å². The van der Waals surface area contributed by atoms with E-state index in [0.29, 0.717) is 33.5 Å². The molecule has 4 aromatic rings. The zero-order valence-electron chi connectivity index (χ0n) is 21.3. The summed E-state index contributed by atoms with van der Waals surface area (Å²) in [5.41, 5.74) is 2.71. The fourth-order valence-electron chi connectivity index (χ4n) is 4.64. The average Bonchev–Trinajstić information content (AvgIpc) is 3.49. The van der Waals surface area contributed by atoms with Crippen LogP contribution in [0.3, 0.4) is 0 Å². The SMILES string of the molecule is CCc1ccc2nc(N3C(=O)C(=O)/C(=C(/O)c4ccccc4)C3c3cc(OC)c(OC)c(OC)c3)sc2c1. The van der Waals surface area contributed by atoms with Gasteiger partial charge in [0.1, 0.15) is 5.76 Å². The second-order valence-corrected chi connectivity index (χ2v) is 9.65. The quantitative estimate of drug-likeness (QED) is 0.191. The molecule has 1 saturated heterocycles. The maximum atomic E-state index is 13.6. The van der Waals surface area contributed by atoms with Crippen molar-refractivity contribution in [3.05, 3.63) is 82.9 Å². The molecule has 9 heteroatoms. The molecule has 0 spiro atoms. The summed E-state index contributed by atoms with van der Waals surface area (Å²) in [4.78, 5) is 33.1. The molecule has 8 nitrogen and oxygen atoms in total. The zero-order valence-corrected chi connectivity index (χ0v) is 22.2. The molecule has 0 aliphatic carbocycles. The van der Waals surface area contributed by atoms with Crippen molar-refractivity contribution in [2.45, 2.75) is 19.4 Å². The van der Waals surface area contributed by atoms with Crippen molar-refractivity contribution in [1.82, 2.24) is 4.98 Å². The van der Waals surface area contributed by atoms with Crippen molar-refractivity contribution < 1.29 is 28.9 Å². The Morgan fingerprint density at radius 3 is 2.26 bits per heavy atom. The van der Waals surface area contributed by atoms with Gasteiger partial charge in [-0.3, -0.25) is 14.5 Å². The molecule has 1 unspecified atom stereocenters. The number of aromatic nitrogens is 1. The van der Waals surface area contributed by atoms with Crippen LogP contribution >= 0.6 is 11.3 Å². The lowest BCUT2D eigenvalue weighted by molar-refractivity contribution is -0.132. The van der Waals surface area contributed by atoms with Crippen LogP contribution < -0.4 is 19.1 Å². The Morgan fingerprint density at radius 1 is 0.974 bits per heavy atom. The Labute approximate surface area is 223 Å². The molecule has 1 amide bonds. The summed E-state index contributed by atoms with van der Waals surface area (Å²) in [5.74, 6) is -0.798. The van der Waals surface area contributed by atoms with Gasteiger partial charge in [0.05, 0.1) is 43.2 Å². The number of fused-ring (bicyclic) bond motifs is 1. The number of amides is 1. The van der Waals surface area contributed by atoms with Crippen molar-refractivity contribution in [3.63, 3.8) is 0 Å². The summed E-state index contributed by atoms with van der Waals surface area (Å²) in [6, 6.07) is 16.9. The van der Waals surface area contributed by atoms with Crippen LogP contribution in [-0.4, -0.2) is 43.1 Å². The Hall–Kier alpha value is -4.37. The second-order valence-electron chi connectivity index (χ2n) is 8.65. The van der Waals surface area contributed by atoms with Crippen molar-refractivity contribution in [1.29, 1.82) is 0 Å². The first-order chi connectivity index (χ1) is 18.4. The topological polar surface area (TPSA) is 98.2 Å². The first-order valence-electron chi connectivity index (χ1n) is 12.0. The van der Waals surface area contributed by atoms with Gasteiger partial charge in [-0.15, -0.1) is 0 Å². The van der Waals surface area contributed by atoms with Gasteiger partial charge >= 0.3 is 5.91 Å². The van der Waals surface area contributed by atoms with E-state index in [0.717, 1.165) is 22.2 Å². The molecule has 5 rings (SSSR count). The Kier molecular flexibility index (Phi) is 6.77. The molecule has 1 aliphatic heterocycles. The number of methoxy groups -OCH3 is 3. The summed E-state index contributed by atoms with van der Waals surface area (Å²) in [6.45, 7) is 2.07. The largest absolute Gasteiger partial charge is 0.507 e. The van der Waals surface area contributed by atoms with Crippen LogP contribution in [0, 0.1) is 0 Å². The molecule has 3 aromatic carbocycles. The summed E-state index contributed by atoms with van der Waals surface area (Å²) in [7, 11) is 4.47. The van der Waals surface area contributed by atoms with Crippen LogP contribution in [0.15, 0.2) is 66.2 Å². The number of hydrogen-bond donors (Lipinski definition) is 1. The second kappa shape index (κ2) is 10.2. The van der Waals surface area contributed by atoms with Gasteiger partial charge in [0.2, 0.25) is 5.75 Å². The number of aryl methyl sites for hydroxylation is 1. The predicted molar refractivity (Wildman–Crippen MR) is 146 cm³/mol. The zero-order chi connectivity index (χ0) is 27.0. The lowest BCUT2D eigenvalue weighted by Gasteiger charge is -2.24. The van der Waals surface area contributed by atoms with Crippen LogP contribution in [0.1, 0.15) is 29.7 Å². The number of Topliss-reactive ketones (excluding diaryl/α,β-unsaturated/α-hetero) is 1. The molecular weight excluding hydrogens is 504 g/mol. The summed E-state index contributed by atoms with van der Waals surface area (Å²) in [6.07, 6.45) is 0.857. The van der Waals surface area contributed by atoms with Crippen LogP contribution in [0.2, 0.25) is 0 Å². The van der Waals surface area contributed by atoms with Crippen molar-refractivity contribution >= 4 is 44.1 Å². The number of rotatable bonds is 7. The number of ketones is 1. The standard InChI is InChI=1S/C29H26N2O6S/c1-5-16-11-12-19-22(13-16)38-29(30-19)31-24(18-14-20(35-2)27(37-4)21(15-18)36-3)23(26(33)28(31)34)25(32)17-9-7-6-8-10-17/h6-15,24,32H,5H2,1-4H3/b25-23+. The summed E-state index contributed by atoms with van der Waals surface area (Å²) in [5, 5.41) is 11.7. The highest BCUT2D eigenvalue weighted by atomic mass is 32.1. The maximum absolute atomic E-state index is 13.6. The van der Waals surface area contributed by atoms with Crippen LogP contribution in [0.25, 0.3) is 16.0 Å². The number of thiazole rings is 1. The molecule has 1 N–H and O–H groups in total. The fourth-order valence-corrected chi connectivity index (χ4v) is 5.69. The molecule has 194 valence electrons. The summed E-state index contributed by atoms with van der Waals surface area (Å²) >= 11 is 1.32. The average molecular weight is 531 g/mol. The van der Waals surface area contributed by atoms with Crippen LogP contribution in [0.4, 0.5) is 5.13 Å². The highest BCUT2D eigenvalue weighted by molar-refractivity contribution is 7.22. The number of ether oxygens (including phenoxy) is 3. The molecule has 38 heavy (non-hydrogen) atoms. The number of aliphatic hydroxyl groups excluding tert-OH is 1. The van der Waals surface area contributed by atoms with Gasteiger partial charge < -0.3 is 19.3 Å². The molecule has 1 aromatic heterocycles. The smallest absolute Gasteiger partial charge is 0.301 e. The lowest BCUT2D eigenvalue weighted by atomic mass is 9.95. The lowest BCUT2D eigenvalue weighted by Crippen LogP contribution is -2.29. The van der Waals surface area contributed by atoms with Gasteiger partial charge in [-0.25, -0.2) is 4.98 Å². The minimum absolute atomic E-state index is 0.0519.